The first-order valence-corrected chi connectivity index (χ1v) is 6.64. The maximum atomic E-state index is 11.7. The molecule has 1 N–H and O–H groups in total. The Labute approximate surface area is 123 Å². The van der Waals surface area contributed by atoms with E-state index in [4.69, 9.17) is 9.15 Å². The quantitative estimate of drug-likeness (QED) is 0.679. The topological polar surface area (TPSA) is 63.8 Å². The van der Waals surface area contributed by atoms with Crippen LogP contribution in [0.15, 0.2) is 45.9 Å². The van der Waals surface area contributed by atoms with E-state index in [0.717, 1.165) is 11.3 Å². The van der Waals surface area contributed by atoms with Crippen molar-refractivity contribution in [1.29, 1.82) is 0 Å². The lowest BCUT2D eigenvalue weighted by atomic mass is 10.2. The number of ether oxygens (including phenoxy) is 1. The zero-order valence-electron chi connectivity index (χ0n) is 12.3. The van der Waals surface area contributed by atoms with Crippen molar-refractivity contribution in [3.05, 3.63) is 53.5 Å². The number of carbonyl (C=O) groups excluding carboxylic acids is 1. The Balaban J connectivity index is 1.83. The Kier molecular flexibility index (Phi) is 4.77. The molecule has 2 rings (SSSR count). The molecule has 0 saturated heterocycles. The summed E-state index contributed by atoms with van der Waals surface area (Å²) >= 11 is 0. The minimum absolute atomic E-state index is 0.0863. The molecular weight excluding hydrogens is 268 g/mol. The molecule has 5 nitrogen and oxygen atoms in total. The van der Waals surface area contributed by atoms with Gasteiger partial charge in [-0.3, -0.25) is 4.79 Å². The van der Waals surface area contributed by atoms with Crippen LogP contribution in [-0.2, 0) is 4.79 Å². The molecule has 21 heavy (non-hydrogen) atoms. The fraction of sp³-hybridized carbons (Fsp3) is 0.250. The van der Waals surface area contributed by atoms with Gasteiger partial charge in [0.05, 0.1) is 0 Å². The van der Waals surface area contributed by atoms with Crippen LogP contribution >= 0.6 is 0 Å². The van der Waals surface area contributed by atoms with Gasteiger partial charge < -0.3 is 9.15 Å². The van der Waals surface area contributed by atoms with Gasteiger partial charge in [-0.25, -0.2) is 5.43 Å². The third-order valence-corrected chi connectivity index (χ3v) is 2.84. The van der Waals surface area contributed by atoms with Crippen molar-refractivity contribution >= 4 is 11.6 Å². The first kappa shape index (κ1) is 14.8. The highest BCUT2D eigenvalue weighted by molar-refractivity contribution is 5.96. The summed E-state index contributed by atoms with van der Waals surface area (Å²) in [4.78, 5) is 11.7. The standard InChI is InChI=1S/C16H18N2O3/c1-11-4-7-14(8-5-11)20-10-16(19)18-17-13(3)15-9-6-12(2)21-15/h4-9H,10H2,1-3H3,(H,18,19)/b17-13-. The van der Waals surface area contributed by atoms with Crippen molar-refractivity contribution in [2.24, 2.45) is 5.10 Å². The number of hydrazone groups is 1. The highest BCUT2D eigenvalue weighted by Gasteiger charge is 2.05. The summed E-state index contributed by atoms with van der Waals surface area (Å²) in [5, 5.41) is 3.98. The van der Waals surface area contributed by atoms with Crippen molar-refractivity contribution in [3.8, 4) is 5.75 Å². The lowest BCUT2D eigenvalue weighted by molar-refractivity contribution is -0.123. The summed E-state index contributed by atoms with van der Waals surface area (Å²) < 4.78 is 10.8. The van der Waals surface area contributed by atoms with Gasteiger partial charge in [-0.2, -0.15) is 5.10 Å². The van der Waals surface area contributed by atoms with Crippen molar-refractivity contribution < 1.29 is 13.9 Å². The summed E-state index contributed by atoms with van der Waals surface area (Å²) in [6.45, 7) is 5.52. The third-order valence-electron chi connectivity index (χ3n) is 2.84. The van der Waals surface area contributed by atoms with Gasteiger partial charge in [-0.15, -0.1) is 0 Å². The molecule has 2 aromatic rings. The van der Waals surface area contributed by atoms with E-state index in [1.807, 2.05) is 50.2 Å². The zero-order valence-corrected chi connectivity index (χ0v) is 12.3. The molecule has 1 amide bonds. The second-order valence-corrected chi connectivity index (χ2v) is 4.74. The Morgan fingerprint density at radius 3 is 2.52 bits per heavy atom. The average molecular weight is 286 g/mol. The zero-order chi connectivity index (χ0) is 15.2. The number of hydrogen-bond donors (Lipinski definition) is 1. The Bertz CT molecular complexity index is 642. The monoisotopic (exact) mass is 286 g/mol. The Hall–Kier alpha value is -2.56. The predicted molar refractivity (Wildman–Crippen MR) is 80.5 cm³/mol. The molecule has 0 aliphatic carbocycles. The molecule has 0 bridgehead atoms. The van der Waals surface area contributed by atoms with Crippen LogP contribution in [-0.4, -0.2) is 18.2 Å². The van der Waals surface area contributed by atoms with Gasteiger partial charge in [0.2, 0.25) is 0 Å². The van der Waals surface area contributed by atoms with Gasteiger partial charge in [-0.05, 0) is 45.0 Å². The summed E-state index contributed by atoms with van der Waals surface area (Å²) in [5.74, 6) is 1.76. The van der Waals surface area contributed by atoms with Crippen LogP contribution in [0.2, 0.25) is 0 Å². The van der Waals surface area contributed by atoms with Crippen molar-refractivity contribution in [3.63, 3.8) is 0 Å². The van der Waals surface area contributed by atoms with Crippen LogP contribution in [0.5, 0.6) is 5.75 Å². The van der Waals surface area contributed by atoms with Crippen LogP contribution < -0.4 is 10.2 Å². The number of hydrogen-bond acceptors (Lipinski definition) is 4. The van der Waals surface area contributed by atoms with E-state index in [-0.39, 0.29) is 12.5 Å². The average Bonchev–Trinajstić information content (AvgIpc) is 2.91. The molecule has 0 spiro atoms. The molecule has 0 aliphatic heterocycles. The van der Waals surface area contributed by atoms with Crippen molar-refractivity contribution in [2.45, 2.75) is 20.8 Å². The van der Waals surface area contributed by atoms with Crippen molar-refractivity contribution in [2.75, 3.05) is 6.61 Å². The Morgan fingerprint density at radius 2 is 1.90 bits per heavy atom. The van der Waals surface area contributed by atoms with Gasteiger partial charge in [0, 0.05) is 0 Å². The van der Waals surface area contributed by atoms with Gasteiger partial charge in [0.15, 0.2) is 6.61 Å². The predicted octanol–water partition coefficient (Wildman–Crippen LogP) is 2.82. The minimum atomic E-state index is -0.321. The SMILES string of the molecule is C/C(=N/NC(=O)COc1ccc(C)cc1)c1ccc(C)o1. The molecular formula is C16H18N2O3. The molecule has 1 aromatic heterocycles. The second kappa shape index (κ2) is 6.74. The van der Waals surface area contributed by atoms with E-state index in [0.29, 0.717) is 17.2 Å². The smallest absolute Gasteiger partial charge is 0.277 e. The first-order valence-electron chi connectivity index (χ1n) is 6.64. The maximum Gasteiger partial charge on any atom is 0.277 e. The lowest BCUT2D eigenvalue weighted by Crippen LogP contribution is -2.25. The number of nitrogens with one attached hydrogen (secondary N) is 1. The van der Waals surface area contributed by atoms with E-state index in [1.54, 1.807) is 6.92 Å². The van der Waals surface area contributed by atoms with Crippen LogP contribution in [0.1, 0.15) is 24.0 Å². The summed E-state index contributed by atoms with van der Waals surface area (Å²) in [5.41, 5.74) is 4.18. The van der Waals surface area contributed by atoms with Crippen molar-refractivity contribution in [1.82, 2.24) is 5.43 Å². The number of aryl methyl sites for hydroxylation is 2. The van der Waals surface area contributed by atoms with E-state index in [1.165, 1.54) is 0 Å². The van der Waals surface area contributed by atoms with Crippen LogP contribution in [0.4, 0.5) is 0 Å². The highest BCUT2D eigenvalue weighted by Crippen LogP contribution is 2.11. The van der Waals surface area contributed by atoms with Crippen LogP contribution in [0.3, 0.4) is 0 Å². The molecule has 1 aromatic carbocycles. The van der Waals surface area contributed by atoms with E-state index in [9.17, 15) is 4.79 Å². The molecule has 0 radical (unpaired) electrons. The lowest BCUT2D eigenvalue weighted by Gasteiger charge is -2.05. The molecule has 1 heterocycles. The fourth-order valence-electron chi connectivity index (χ4n) is 1.65. The van der Waals surface area contributed by atoms with Crippen LogP contribution in [0, 0.1) is 13.8 Å². The van der Waals surface area contributed by atoms with Gasteiger partial charge in [0.25, 0.3) is 5.91 Å². The number of rotatable bonds is 5. The molecule has 5 heteroatoms. The molecule has 0 unspecified atom stereocenters. The first-order chi connectivity index (χ1) is 10.0. The molecule has 0 atom stereocenters. The maximum absolute atomic E-state index is 11.7. The molecule has 0 aliphatic rings. The summed E-state index contributed by atoms with van der Waals surface area (Å²) in [6.07, 6.45) is 0. The number of amides is 1. The summed E-state index contributed by atoms with van der Waals surface area (Å²) in [7, 11) is 0. The second-order valence-electron chi connectivity index (χ2n) is 4.74. The van der Waals surface area contributed by atoms with Gasteiger partial charge in [-0.1, -0.05) is 17.7 Å². The van der Waals surface area contributed by atoms with E-state index < -0.39 is 0 Å². The molecule has 0 fully saturated rings. The van der Waals surface area contributed by atoms with Gasteiger partial charge >= 0.3 is 0 Å². The number of benzene rings is 1. The summed E-state index contributed by atoms with van der Waals surface area (Å²) in [6, 6.07) is 11.1. The number of nitrogens with zero attached hydrogens (tertiary/aromatic N) is 1. The fourth-order valence-corrected chi connectivity index (χ4v) is 1.65. The number of furan rings is 1. The van der Waals surface area contributed by atoms with E-state index >= 15 is 0 Å². The molecule has 0 saturated carbocycles. The highest BCUT2D eigenvalue weighted by atomic mass is 16.5. The largest absolute Gasteiger partial charge is 0.484 e. The van der Waals surface area contributed by atoms with Gasteiger partial charge in [0.1, 0.15) is 23.0 Å². The van der Waals surface area contributed by atoms with Crippen LogP contribution in [0.25, 0.3) is 0 Å². The van der Waals surface area contributed by atoms with E-state index in [2.05, 4.69) is 10.5 Å². The molecule has 110 valence electrons. The Morgan fingerprint density at radius 1 is 1.19 bits per heavy atom. The minimum Gasteiger partial charge on any atom is -0.484 e. The number of carbonyl (C=O) groups is 1. The normalized spacial score (nSPS) is 11.3. The third kappa shape index (κ3) is 4.49.